The molecule has 4 aliphatic heterocycles. The van der Waals surface area contributed by atoms with Gasteiger partial charge in [-0.25, -0.2) is 0 Å². The maximum atomic E-state index is 12.9. The van der Waals surface area contributed by atoms with Gasteiger partial charge in [-0.3, -0.25) is 0 Å². The van der Waals surface area contributed by atoms with E-state index < -0.39 is 221 Å². The molecule has 0 bridgehead atoms. The van der Waals surface area contributed by atoms with Crippen LogP contribution in [0, 0.1) is 51.2 Å². The zero-order valence-corrected chi connectivity index (χ0v) is 52.8. The van der Waals surface area contributed by atoms with Gasteiger partial charge in [0.15, 0.2) is 25.2 Å². The molecule has 3 unspecified atom stereocenters. The molecule has 522 valence electrons. The fourth-order valence-corrected chi connectivity index (χ4v) is 18.1. The van der Waals surface area contributed by atoms with Crippen LogP contribution in [0.25, 0.3) is 0 Å². The second-order valence-corrected chi connectivity index (χ2v) is 29.3. The van der Waals surface area contributed by atoms with Crippen LogP contribution in [0.4, 0.5) is 0 Å². The van der Waals surface area contributed by atoms with Crippen LogP contribution in [0.3, 0.4) is 0 Å². The highest BCUT2D eigenvalue weighted by molar-refractivity contribution is 5.32. The lowest BCUT2D eigenvalue weighted by Crippen LogP contribution is -2.66. The van der Waals surface area contributed by atoms with Gasteiger partial charge >= 0.3 is 0 Å². The van der Waals surface area contributed by atoms with E-state index in [4.69, 9.17) is 42.6 Å². The Labute approximate surface area is 524 Å². The van der Waals surface area contributed by atoms with Crippen molar-refractivity contribution >= 4 is 0 Å². The van der Waals surface area contributed by atoms with E-state index in [2.05, 4.69) is 47.6 Å². The van der Waals surface area contributed by atoms with E-state index in [1.807, 2.05) is 0 Å². The van der Waals surface area contributed by atoms with Crippen molar-refractivity contribution in [3.63, 3.8) is 0 Å². The minimum Gasteiger partial charge on any atom is -0.396 e. The van der Waals surface area contributed by atoms with E-state index in [0.717, 1.165) is 24.8 Å². The highest BCUT2D eigenvalue weighted by Gasteiger charge is 2.71. The van der Waals surface area contributed by atoms with Gasteiger partial charge in [-0.15, -0.1) is 0 Å². The lowest BCUT2D eigenvalue weighted by atomic mass is 9.37. The second-order valence-electron chi connectivity index (χ2n) is 29.3. The summed E-state index contributed by atoms with van der Waals surface area (Å²) in [6.07, 6.45) is -33.9. The topological polar surface area (TPSA) is 467 Å². The number of ether oxygens (including phenoxy) is 9. The van der Waals surface area contributed by atoms with Crippen molar-refractivity contribution in [3.8, 4) is 0 Å². The van der Waals surface area contributed by atoms with Gasteiger partial charge in [0, 0.05) is 23.4 Å². The fourth-order valence-electron chi connectivity index (χ4n) is 18.1. The average molecular weight is 1300 g/mol. The molecule has 90 heavy (non-hydrogen) atoms. The number of allylic oxidation sites excluding steroid dienone is 1. The molecule has 0 aromatic heterocycles. The predicted octanol–water partition coefficient (Wildman–Crippen LogP) is -4.35. The van der Waals surface area contributed by atoms with Gasteiger partial charge in [0.05, 0.1) is 62.5 Å². The van der Waals surface area contributed by atoms with Crippen LogP contribution in [-0.2, 0) is 42.6 Å². The summed E-state index contributed by atoms with van der Waals surface area (Å²) >= 11 is 0. The molecule has 8 fully saturated rings. The molecule has 35 atom stereocenters. The minimum atomic E-state index is -1.95. The molecule has 28 nitrogen and oxygen atoms in total. The van der Waals surface area contributed by atoms with E-state index in [9.17, 15) is 97.0 Å². The van der Waals surface area contributed by atoms with Gasteiger partial charge in [0.2, 0.25) is 0 Å². The Bertz CT molecular complexity index is 2360. The first kappa shape index (κ1) is 72.9. The lowest BCUT2D eigenvalue weighted by Gasteiger charge is -2.68. The first-order valence-electron chi connectivity index (χ1n) is 32.5. The molecule has 0 aromatic carbocycles. The van der Waals surface area contributed by atoms with E-state index in [1.54, 1.807) is 0 Å². The maximum absolute atomic E-state index is 12.9. The van der Waals surface area contributed by atoms with Crippen molar-refractivity contribution in [1.29, 1.82) is 0 Å². The molecule has 0 aromatic rings. The van der Waals surface area contributed by atoms with Crippen LogP contribution in [0.5, 0.6) is 0 Å². The zero-order valence-electron chi connectivity index (χ0n) is 52.8. The highest BCUT2D eigenvalue weighted by atomic mass is 16.8. The molecule has 4 heterocycles. The summed E-state index contributed by atoms with van der Waals surface area (Å²) in [6.45, 7) is 12.7. The van der Waals surface area contributed by atoms with E-state index >= 15 is 0 Å². The molecule has 0 amide bonds. The number of hydrogen-bond donors (Lipinski definition) is 19. The van der Waals surface area contributed by atoms with Gasteiger partial charge in [0.25, 0.3) is 0 Å². The Kier molecular flexibility index (Phi) is 22.9. The third-order valence-electron chi connectivity index (χ3n) is 23.7. The van der Waals surface area contributed by atoms with Crippen molar-refractivity contribution in [1.82, 2.24) is 0 Å². The van der Waals surface area contributed by atoms with Crippen LogP contribution in [0.15, 0.2) is 11.6 Å². The number of fused-ring (bicyclic) bond motifs is 5. The molecular formula is C62H106O28. The van der Waals surface area contributed by atoms with Gasteiger partial charge in [0.1, 0.15) is 110 Å². The maximum Gasteiger partial charge on any atom is 0.187 e. The van der Waals surface area contributed by atoms with Crippen LogP contribution < -0.4 is 0 Å². The Balaban J connectivity index is 0.896. The van der Waals surface area contributed by atoms with E-state index in [1.165, 1.54) is 13.8 Å². The fraction of sp³-hybridized carbons (Fsp3) is 0.968. The first-order valence-corrected chi connectivity index (χ1v) is 32.5. The number of rotatable bonds is 21. The molecule has 9 rings (SSSR count). The molecule has 9 aliphatic rings. The summed E-state index contributed by atoms with van der Waals surface area (Å²) in [4.78, 5) is 0. The summed E-state index contributed by atoms with van der Waals surface area (Å²) in [7, 11) is 0. The third-order valence-corrected chi connectivity index (χ3v) is 23.7. The first-order chi connectivity index (χ1) is 42.2. The van der Waals surface area contributed by atoms with Gasteiger partial charge in [-0.05, 0) is 113 Å². The van der Waals surface area contributed by atoms with Crippen LogP contribution in [-0.4, -0.2) is 301 Å². The SMILES string of the molecule is CC[C@@]12CCC([C@H](C)CC[C@@H](O[C@@H]3O[C@H](CO[C@H]4O[C@H](CO)[C@@H](O)[C@H](O)[C@H]4O)[C@@H](O)[C@H](O)[C@H]3O[C@@H]3O[C@H](CO)[C@@H](O)[C@H](O)[C@H]3O)C(C)(C)O)[C@@]1(C)C[C@@H](O)[C@@]1(C)C3CC[C@H](O[C@@H]4O[C@H](CO)[C@@H](O[C@H]5C[C@H](CO)[C@@H](O)[C@H](O)[C@H]5O)[C@H](O)[C@H]4O)C(C)(C)C3=CCC12. The van der Waals surface area contributed by atoms with Crippen molar-refractivity contribution in [2.24, 2.45) is 51.2 Å². The summed E-state index contributed by atoms with van der Waals surface area (Å²) in [5.74, 6) is -0.802. The monoisotopic (exact) mass is 1300 g/mol. The third kappa shape index (κ3) is 12.9. The highest BCUT2D eigenvalue weighted by Crippen LogP contribution is 2.76. The van der Waals surface area contributed by atoms with Crippen LogP contribution in [0.1, 0.15) is 120 Å². The second kappa shape index (κ2) is 28.2. The smallest absolute Gasteiger partial charge is 0.187 e. The molecule has 4 saturated heterocycles. The molecule has 19 N–H and O–H groups in total. The zero-order chi connectivity index (χ0) is 66.2. The summed E-state index contributed by atoms with van der Waals surface area (Å²) in [6, 6.07) is 0. The summed E-state index contributed by atoms with van der Waals surface area (Å²) < 4.78 is 54.5. The largest absolute Gasteiger partial charge is 0.396 e. The van der Waals surface area contributed by atoms with Gasteiger partial charge in [-0.1, -0.05) is 53.2 Å². The number of aliphatic hydroxyl groups excluding tert-OH is 18. The van der Waals surface area contributed by atoms with Crippen molar-refractivity contribution < 1.29 is 140 Å². The van der Waals surface area contributed by atoms with E-state index in [0.29, 0.717) is 32.1 Å². The Hall–Kier alpha value is -1.38. The van der Waals surface area contributed by atoms with E-state index in [-0.39, 0.29) is 47.3 Å². The molecule has 5 aliphatic carbocycles. The number of aliphatic hydroxyl groups is 19. The quantitative estimate of drug-likeness (QED) is 0.0483. The average Bonchev–Trinajstić information content (AvgIpc) is 1.28. The van der Waals surface area contributed by atoms with Gasteiger partial charge in [-0.2, -0.15) is 0 Å². The molecule has 28 heteroatoms. The van der Waals surface area contributed by atoms with Crippen LogP contribution in [0.2, 0.25) is 0 Å². The van der Waals surface area contributed by atoms with Crippen molar-refractivity contribution in [2.45, 2.75) is 291 Å². The molecule has 0 spiro atoms. The Morgan fingerprint density at radius 3 is 1.72 bits per heavy atom. The number of hydrogen-bond acceptors (Lipinski definition) is 28. The minimum absolute atomic E-state index is 0.0299. The predicted molar refractivity (Wildman–Crippen MR) is 308 cm³/mol. The molecular weight excluding hydrogens is 1190 g/mol. The van der Waals surface area contributed by atoms with Crippen molar-refractivity contribution in [2.75, 3.05) is 33.0 Å². The van der Waals surface area contributed by atoms with Crippen molar-refractivity contribution in [3.05, 3.63) is 11.6 Å². The molecule has 4 saturated carbocycles. The summed E-state index contributed by atoms with van der Waals surface area (Å²) in [5.41, 5.74) is -2.36. The Morgan fingerprint density at radius 1 is 0.578 bits per heavy atom. The van der Waals surface area contributed by atoms with Crippen LogP contribution >= 0.6 is 0 Å². The lowest BCUT2D eigenvalue weighted by molar-refractivity contribution is -0.380. The molecule has 0 radical (unpaired) electrons. The standard InChI is InChI=1S/C62H106O28/c1-9-62-17-16-27(25(2)10-14-38(59(5,6)81)89-57-53(90-56-50(79)46(75)42(71)32(22-65)85-56)47(76)43(72)34(87-57)24-82-54-49(78)45(74)41(70)31(21-64)84-54)60(62,7)19-36(67)61(8)29-12-15-37(58(3,4)28(29)11-13-35(61)62)88-55-51(80)48(77)52(33(23-66)86-55)83-30-18-26(20-63)39(68)44(73)40(30)69/h11,25-27,29-57,63-81H,9-10,12-24H2,1-8H3/t25-,26-,27?,29?,30+,31-,32-,33-,34-,35?,36-,37+,38-,39-,40+,41-,42-,43-,44+,45+,46+,47+,48-,49-,50-,51-,52-,53-,54+,55+,56+,57+,60-,61+,62+/m1/s1. The Morgan fingerprint density at radius 2 is 1.12 bits per heavy atom. The summed E-state index contributed by atoms with van der Waals surface area (Å²) in [5, 5.41) is 206. The van der Waals surface area contributed by atoms with Gasteiger partial charge < -0.3 is 140 Å². The normalized spacial score (nSPS) is 51.3.